The fraction of sp³-hybridized carbons (Fsp3) is 0.450. The molecule has 1 fully saturated rings. The maximum absolute atomic E-state index is 13.0. The summed E-state index contributed by atoms with van der Waals surface area (Å²) in [6.07, 6.45) is 6.73. The van der Waals surface area contributed by atoms with Crippen molar-refractivity contribution in [3.63, 3.8) is 0 Å². The lowest BCUT2D eigenvalue weighted by Crippen LogP contribution is -2.34. The van der Waals surface area contributed by atoms with Crippen molar-refractivity contribution in [3.05, 3.63) is 47.4 Å². The zero-order valence-electron chi connectivity index (χ0n) is 16.5. The van der Waals surface area contributed by atoms with Crippen molar-refractivity contribution >= 4 is 17.4 Å². The standard InChI is InChI=1S/C20H26N6O3/c1-2-25-19-17(13-26(25)28)18(24-15-5-9-29-10-6-15)16(12-22-19)20(27)23-11-14-3-7-21-8-4-14/h3-4,7-8,12,15,28H,2,5-6,9-11,13H2,1H3,(H,22,24)(H,23,27). The molecule has 2 aromatic heterocycles. The topological polar surface area (TPSA) is 103 Å². The van der Waals surface area contributed by atoms with E-state index in [0.29, 0.717) is 37.7 Å². The van der Waals surface area contributed by atoms with Crippen LogP contribution in [0.25, 0.3) is 0 Å². The minimum absolute atomic E-state index is 0.203. The van der Waals surface area contributed by atoms with E-state index in [1.54, 1.807) is 23.6 Å². The first-order valence-corrected chi connectivity index (χ1v) is 9.94. The van der Waals surface area contributed by atoms with E-state index < -0.39 is 0 Å². The Balaban J connectivity index is 1.61. The average molecular weight is 398 g/mol. The van der Waals surface area contributed by atoms with Crippen molar-refractivity contribution in [1.82, 2.24) is 20.5 Å². The quantitative estimate of drug-likeness (QED) is 0.678. The molecule has 0 radical (unpaired) electrons. The first kappa shape index (κ1) is 19.6. The summed E-state index contributed by atoms with van der Waals surface area (Å²) < 4.78 is 5.45. The Morgan fingerprint density at radius 2 is 2.07 bits per heavy atom. The summed E-state index contributed by atoms with van der Waals surface area (Å²) in [4.78, 5) is 21.5. The van der Waals surface area contributed by atoms with Gasteiger partial charge in [0.25, 0.3) is 5.91 Å². The Labute approximate surface area is 169 Å². The molecule has 1 saturated heterocycles. The lowest BCUT2D eigenvalue weighted by atomic mass is 10.0. The van der Waals surface area contributed by atoms with Crippen LogP contribution in [0, 0.1) is 0 Å². The molecular weight excluding hydrogens is 372 g/mol. The number of hydrazine groups is 1. The van der Waals surface area contributed by atoms with Gasteiger partial charge in [-0.2, -0.15) is 0 Å². The van der Waals surface area contributed by atoms with E-state index in [1.165, 1.54) is 0 Å². The highest BCUT2D eigenvalue weighted by Gasteiger charge is 2.32. The molecule has 154 valence electrons. The molecule has 2 aliphatic rings. The largest absolute Gasteiger partial charge is 0.381 e. The summed E-state index contributed by atoms with van der Waals surface area (Å²) >= 11 is 0. The molecule has 0 spiro atoms. The minimum Gasteiger partial charge on any atom is -0.381 e. The van der Waals surface area contributed by atoms with Gasteiger partial charge >= 0.3 is 0 Å². The molecule has 0 atom stereocenters. The zero-order valence-corrected chi connectivity index (χ0v) is 16.5. The van der Waals surface area contributed by atoms with Gasteiger partial charge in [-0.1, -0.05) is 5.17 Å². The molecule has 4 heterocycles. The Kier molecular flexibility index (Phi) is 5.89. The number of hydrogen-bond acceptors (Lipinski definition) is 8. The van der Waals surface area contributed by atoms with E-state index in [1.807, 2.05) is 19.1 Å². The second-order valence-electron chi connectivity index (χ2n) is 7.16. The Morgan fingerprint density at radius 1 is 1.31 bits per heavy atom. The summed E-state index contributed by atoms with van der Waals surface area (Å²) in [5.74, 6) is 0.473. The van der Waals surface area contributed by atoms with Gasteiger partial charge in [0.05, 0.1) is 17.8 Å². The average Bonchev–Trinajstić information content (AvgIpc) is 3.09. The predicted molar refractivity (Wildman–Crippen MR) is 107 cm³/mol. The maximum atomic E-state index is 13.0. The first-order chi connectivity index (χ1) is 14.2. The molecule has 9 nitrogen and oxygen atoms in total. The van der Waals surface area contributed by atoms with E-state index >= 15 is 0 Å². The number of amides is 1. The number of carbonyl (C=O) groups excluding carboxylic acids is 1. The van der Waals surface area contributed by atoms with Crippen molar-refractivity contribution in [2.24, 2.45) is 0 Å². The highest BCUT2D eigenvalue weighted by molar-refractivity contribution is 6.01. The molecule has 0 bridgehead atoms. The van der Waals surface area contributed by atoms with Crippen molar-refractivity contribution in [1.29, 1.82) is 0 Å². The van der Waals surface area contributed by atoms with Gasteiger partial charge in [-0.05, 0) is 37.5 Å². The van der Waals surface area contributed by atoms with Gasteiger partial charge in [0.15, 0.2) is 5.82 Å². The van der Waals surface area contributed by atoms with Crippen LogP contribution in [-0.4, -0.2) is 52.1 Å². The van der Waals surface area contributed by atoms with Crippen LogP contribution in [0.1, 0.15) is 41.3 Å². The van der Waals surface area contributed by atoms with Crippen LogP contribution in [0.2, 0.25) is 0 Å². The SMILES string of the molecule is CCN1c2ncc(C(=O)NCc3ccncc3)c(NC3CCOCC3)c2CN1O. The van der Waals surface area contributed by atoms with Crippen LogP contribution < -0.4 is 15.6 Å². The third kappa shape index (κ3) is 4.16. The van der Waals surface area contributed by atoms with Gasteiger partial charge in [0.1, 0.15) is 0 Å². The van der Waals surface area contributed by atoms with Gasteiger partial charge in [0.2, 0.25) is 0 Å². The first-order valence-electron chi connectivity index (χ1n) is 9.94. The molecule has 1 amide bonds. The number of rotatable bonds is 6. The van der Waals surface area contributed by atoms with E-state index in [-0.39, 0.29) is 18.5 Å². The highest BCUT2D eigenvalue weighted by Crippen LogP contribution is 2.36. The van der Waals surface area contributed by atoms with Crippen LogP contribution in [0.5, 0.6) is 0 Å². The lowest BCUT2D eigenvalue weighted by Gasteiger charge is -2.26. The minimum atomic E-state index is -0.203. The molecule has 0 aromatic carbocycles. The fourth-order valence-electron chi connectivity index (χ4n) is 3.73. The van der Waals surface area contributed by atoms with Crippen molar-refractivity contribution in [3.8, 4) is 0 Å². The molecule has 9 heteroatoms. The van der Waals surface area contributed by atoms with E-state index in [0.717, 1.165) is 34.8 Å². The third-order valence-electron chi connectivity index (χ3n) is 5.30. The molecule has 29 heavy (non-hydrogen) atoms. The van der Waals surface area contributed by atoms with Crippen molar-refractivity contribution in [2.75, 3.05) is 30.1 Å². The molecular formula is C20H26N6O3. The lowest BCUT2D eigenvalue weighted by molar-refractivity contribution is -0.101. The monoisotopic (exact) mass is 398 g/mol. The van der Waals surface area contributed by atoms with Gasteiger partial charge in [-0.3, -0.25) is 20.0 Å². The van der Waals surface area contributed by atoms with Crippen LogP contribution in [0.15, 0.2) is 30.7 Å². The summed E-state index contributed by atoms with van der Waals surface area (Å²) in [6.45, 7) is 4.61. The molecule has 2 aromatic rings. The van der Waals surface area contributed by atoms with Crippen LogP contribution in [0.3, 0.4) is 0 Å². The molecule has 0 saturated carbocycles. The van der Waals surface area contributed by atoms with Crippen LogP contribution >= 0.6 is 0 Å². The van der Waals surface area contributed by atoms with E-state index in [4.69, 9.17) is 4.74 Å². The number of hydrogen-bond donors (Lipinski definition) is 3. The maximum Gasteiger partial charge on any atom is 0.255 e. The van der Waals surface area contributed by atoms with Crippen LogP contribution in [-0.2, 0) is 17.8 Å². The predicted octanol–water partition coefficient (Wildman–Crippen LogP) is 1.94. The number of aromatic nitrogens is 2. The second kappa shape index (κ2) is 8.73. The van der Waals surface area contributed by atoms with Gasteiger partial charge < -0.3 is 15.4 Å². The summed E-state index contributed by atoms with van der Waals surface area (Å²) in [7, 11) is 0. The fourth-order valence-corrected chi connectivity index (χ4v) is 3.73. The van der Waals surface area contributed by atoms with Gasteiger partial charge in [-0.15, -0.1) is 0 Å². The van der Waals surface area contributed by atoms with E-state index in [2.05, 4.69) is 20.6 Å². The number of nitrogens with zero attached hydrogens (tertiary/aromatic N) is 4. The normalized spacial score (nSPS) is 17.2. The third-order valence-corrected chi connectivity index (χ3v) is 5.30. The number of nitrogens with one attached hydrogen (secondary N) is 2. The summed E-state index contributed by atoms with van der Waals surface area (Å²) in [5.41, 5.74) is 3.03. The van der Waals surface area contributed by atoms with E-state index in [9.17, 15) is 10.0 Å². The number of fused-ring (bicyclic) bond motifs is 1. The van der Waals surface area contributed by atoms with Crippen molar-refractivity contribution < 1.29 is 14.7 Å². The number of carbonyl (C=O) groups is 1. The Bertz CT molecular complexity index is 857. The molecule has 2 aliphatic heterocycles. The smallest absolute Gasteiger partial charge is 0.255 e. The van der Waals surface area contributed by atoms with Gasteiger partial charge in [0, 0.05) is 56.5 Å². The Morgan fingerprint density at radius 3 is 2.79 bits per heavy atom. The number of hydroxylamine groups is 1. The van der Waals surface area contributed by atoms with Gasteiger partial charge in [-0.25, -0.2) is 4.98 Å². The molecule has 4 rings (SSSR count). The summed E-state index contributed by atoms with van der Waals surface area (Å²) in [5, 5.41) is 19.6. The zero-order chi connectivity index (χ0) is 20.2. The molecule has 0 unspecified atom stereocenters. The number of ether oxygens (including phenoxy) is 1. The summed E-state index contributed by atoms with van der Waals surface area (Å²) in [6, 6.07) is 3.95. The second-order valence-corrected chi connectivity index (χ2v) is 7.16. The van der Waals surface area contributed by atoms with Crippen molar-refractivity contribution in [2.45, 2.75) is 38.9 Å². The molecule has 0 aliphatic carbocycles. The Hall–Kier alpha value is -2.75. The highest BCUT2D eigenvalue weighted by atomic mass is 16.6. The molecule has 3 N–H and O–H groups in total. The number of anilines is 2. The number of pyridine rings is 2. The van der Waals surface area contributed by atoms with Crippen LogP contribution in [0.4, 0.5) is 11.5 Å².